The summed E-state index contributed by atoms with van der Waals surface area (Å²) >= 11 is 0. The number of methoxy groups -OCH3 is 1. The van der Waals surface area contributed by atoms with Crippen molar-refractivity contribution in [1.82, 2.24) is 14.5 Å². The fraction of sp³-hybridized carbons (Fsp3) is 0.308. The van der Waals surface area contributed by atoms with Crippen molar-refractivity contribution >= 4 is 16.9 Å². The Balaban J connectivity index is 1.31. The Hall–Kier alpha value is -3.58. The van der Waals surface area contributed by atoms with E-state index in [9.17, 15) is 9.90 Å². The van der Waals surface area contributed by atoms with Gasteiger partial charge in [0.1, 0.15) is 11.5 Å². The summed E-state index contributed by atoms with van der Waals surface area (Å²) in [5, 5.41) is 10.9. The Morgan fingerprint density at radius 3 is 2.79 bits per heavy atom. The van der Waals surface area contributed by atoms with Gasteiger partial charge in [0, 0.05) is 24.3 Å². The van der Waals surface area contributed by atoms with Crippen molar-refractivity contribution in [2.75, 3.05) is 20.2 Å². The highest BCUT2D eigenvalue weighted by atomic mass is 16.5. The van der Waals surface area contributed by atoms with Crippen LogP contribution in [0.25, 0.3) is 10.9 Å². The van der Waals surface area contributed by atoms with Gasteiger partial charge < -0.3 is 18.8 Å². The lowest BCUT2D eigenvalue weighted by Crippen LogP contribution is -2.33. The average molecular weight is 446 g/mol. The minimum atomic E-state index is -0.920. The fourth-order valence-electron chi connectivity index (χ4n) is 4.86. The first-order chi connectivity index (χ1) is 16.1. The normalized spacial score (nSPS) is 15.2. The molecule has 33 heavy (non-hydrogen) atoms. The third-order valence-electron chi connectivity index (χ3n) is 6.59. The van der Waals surface area contributed by atoms with Gasteiger partial charge in [0.2, 0.25) is 0 Å². The summed E-state index contributed by atoms with van der Waals surface area (Å²) in [6, 6.07) is 11.3. The van der Waals surface area contributed by atoms with Crippen LogP contribution in [-0.2, 0) is 13.1 Å². The Bertz CT molecular complexity index is 1250. The number of carboxylic acids is 1. The average Bonchev–Trinajstić information content (AvgIpc) is 3.48. The molecule has 0 bridgehead atoms. The zero-order valence-electron chi connectivity index (χ0n) is 18.6. The summed E-state index contributed by atoms with van der Waals surface area (Å²) in [4.78, 5) is 18.4. The number of furan rings is 1. The second-order valence-electron chi connectivity index (χ2n) is 8.56. The monoisotopic (exact) mass is 445 g/mol. The van der Waals surface area contributed by atoms with Crippen LogP contribution in [0.4, 0.5) is 0 Å². The van der Waals surface area contributed by atoms with Gasteiger partial charge >= 0.3 is 5.97 Å². The van der Waals surface area contributed by atoms with E-state index in [1.165, 1.54) is 10.9 Å². The number of aromatic nitrogens is 2. The molecule has 1 aromatic carbocycles. The molecule has 5 rings (SSSR count). The molecule has 0 amide bonds. The molecule has 0 unspecified atom stereocenters. The molecule has 1 saturated heterocycles. The van der Waals surface area contributed by atoms with E-state index in [2.05, 4.69) is 26.7 Å². The number of rotatable bonds is 7. The topological polar surface area (TPSA) is 80.7 Å². The van der Waals surface area contributed by atoms with Gasteiger partial charge in [0.15, 0.2) is 0 Å². The summed E-state index contributed by atoms with van der Waals surface area (Å²) in [6.07, 6.45) is 9.79. The number of carbonyl (C=O) groups is 1. The van der Waals surface area contributed by atoms with Gasteiger partial charge in [-0.3, -0.25) is 9.88 Å². The molecule has 0 spiro atoms. The molecule has 0 radical (unpaired) electrons. The molecular formula is C26H27N3O4. The van der Waals surface area contributed by atoms with Gasteiger partial charge in [0.25, 0.3) is 0 Å². The highest BCUT2D eigenvalue weighted by Gasteiger charge is 2.25. The van der Waals surface area contributed by atoms with Gasteiger partial charge in [0.05, 0.1) is 37.2 Å². The molecule has 4 aromatic rings. The molecule has 0 atom stereocenters. The number of aromatic carboxylic acids is 1. The van der Waals surface area contributed by atoms with Crippen LogP contribution < -0.4 is 4.74 Å². The predicted molar refractivity (Wildman–Crippen MR) is 125 cm³/mol. The highest BCUT2D eigenvalue weighted by molar-refractivity contribution is 5.90. The van der Waals surface area contributed by atoms with E-state index in [-0.39, 0.29) is 0 Å². The van der Waals surface area contributed by atoms with Crippen LogP contribution in [0.5, 0.6) is 5.75 Å². The van der Waals surface area contributed by atoms with Gasteiger partial charge in [-0.1, -0.05) is 6.07 Å². The predicted octanol–water partition coefficient (Wildman–Crippen LogP) is 4.76. The van der Waals surface area contributed by atoms with Gasteiger partial charge in [-0.05, 0) is 73.3 Å². The Labute approximate surface area is 192 Å². The zero-order chi connectivity index (χ0) is 22.8. The van der Waals surface area contributed by atoms with E-state index in [4.69, 9.17) is 9.15 Å². The van der Waals surface area contributed by atoms with Gasteiger partial charge in [-0.15, -0.1) is 0 Å². The van der Waals surface area contributed by atoms with E-state index in [1.807, 2.05) is 36.7 Å². The molecule has 4 heterocycles. The molecule has 3 aromatic heterocycles. The van der Waals surface area contributed by atoms with Crippen LogP contribution >= 0.6 is 0 Å². The molecule has 7 nitrogen and oxygen atoms in total. The molecule has 0 aliphatic carbocycles. The summed E-state index contributed by atoms with van der Waals surface area (Å²) in [5.41, 5.74) is 3.61. The van der Waals surface area contributed by atoms with E-state index >= 15 is 0 Å². The smallest absolute Gasteiger partial charge is 0.336 e. The van der Waals surface area contributed by atoms with Crippen LogP contribution in [0, 0.1) is 0 Å². The number of hydrogen-bond donors (Lipinski definition) is 1. The van der Waals surface area contributed by atoms with Crippen LogP contribution in [0.15, 0.2) is 65.7 Å². The van der Waals surface area contributed by atoms with Crippen molar-refractivity contribution < 1.29 is 19.1 Å². The van der Waals surface area contributed by atoms with E-state index < -0.39 is 5.97 Å². The van der Waals surface area contributed by atoms with Crippen molar-refractivity contribution in [3.63, 3.8) is 0 Å². The first kappa shape index (κ1) is 21.3. The van der Waals surface area contributed by atoms with Crippen LogP contribution in [0.3, 0.4) is 0 Å². The maximum absolute atomic E-state index is 11.7. The third-order valence-corrected chi connectivity index (χ3v) is 6.59. The van der Waals surface area contributed by atoms with Crippen LogP contribution in [-0.4, -0.2) is 45.7 Å². The number of benzene rings is 1. The standard InChI is InChI=1S/C26H27N3O4/c1-32-20-5-4-19(23(13-20)26(30)31)15-28-10-7-18(8-11-28)24-17-29(16-21-3-2-12-33-21)25-14-27-9-6-22(24)25/h2-6,9,12-14,17-18H,7-8,10-11,15-16H2,1H3,(H,30,31). The largest absolute Gasteiger partial charge is 0.497 e. The number of likely N-dealkylation sites (tertiary alicyclic amines) is 1. The lowest BCUT2D eigenvalue weighted by Gasteiger charge is -2.32. The fourth-order valence-corrected chi connectivity index (χ4v) is 4.86. The van der Waals surface area contributed by atoms with E-state index in [1.54, 1.807) is 19.4 Å². The van der Waals surface area contributed by atoms with Crippen molar-refractivity contribution in [3.05, 3.63) is 83.7 Å². The van der Waals surface area contributed by atoms with Crippen molar-refractivity contribution in [3.8, 4) is 5.75 Å². The molecule has 7 heteroatoms. The maximum Gasteiger partial charge on any atom is 0.336 e. The SMILES string of the molecule is COc1ccc(CN2CCC(c3cn(Cc4ccco4)c4cnccc34)CC2)c(C(=O)O)c1. The highest BCUT2D eigenvalue weighted by Crippen LogP contribution is 2.35. The first-order valence-corrected chi connectivity index (χ1v) is 11.2. The lowest BCUT2D eigenvalue weighted by atomic mass is 9.89. The number of ether oxygens (including phenoxy) is 1. The Kier molecular flexibility index (Phi) is 5.88. The number of carboxylic acid groups (broad SMARTS) is 1. The van der Waals surface area contributed by atoms with Crippen LogP contribution in [0.2, 0.25) is 0 Å². The zero-order valence-corrected chi connectivity index (χ0v) is 18.6. The molecule has 1 aliphatic heterocycles. The number of piperidine rings is 1. The Morgan fingerprint density at radius 1 is 1.21 bits per heavy atom. The first-order valence-electron chi connectivity index (χ1n) is 11.2. The number of fused-ring (bicyclic) bond motifs is 1. The summed E-state index contributed by atoms with van der Waals surface area (Å²) in [6.45, 7) is 3.16. The molecule has 170 valence electrons. The van der Waals surface area contributed by atoms with Crippen LogP contribution in [0.1, 0.15) is 46.0 Å². The lowest BCUT2D eigenvalue weighted by molar-refractivity contribution is 0.0693. The molecule has 0 saturated carbocycles. The number of nitrogens with zero attached hydrogens (tertiary/aromatic N) is 3. The minimum Gasteiger partial charge on any atom is -0.497 e. The Morgan fingerprint density at radius 2 is 2.06 bits per heavy atom. The number of pyridine rings is 1. The molecular weight excluding hydrogens is 418 g/mol. The minimum absolute atomic E-state index is 0.310. The summed E-state index contributed by atoms with van der Waals surface area (Å²) < 4.78 is 13.0. The molecule has 1 aliphatic rings. The third kappa shape index (κ3) is 4.36. The molecule has 1 N–H and O–H groups in total. The van der Waals surface area contributed by atoms with Gasteiger partial charge in [-0.25, -0.2) is 4.79 Å². The quantitative estimate of drug-likeness (QED) is 0.442. The second kappa shape index (κ2) is 9.11. The summed E-state index contributed by atoms with van der Waals surface area (Å²) in [5.74, 6) is 1.02. The summed E-state index contributed by atoms with van der Waals surface area (Å²) in [7, 11) is 1.55. The second-order valence-corrected chi connectivity index (χ2v) is 8.56. The maximum atomic E-state index is 11.7. The van der Waals surface area contributed by atoms with Crippen molar-refractivity contribution in [2.24, 2.45) is 0 Å². The van der Waals surface area contributed by atoms with Crippen molar-refractivity contribution in [1.29, 1.82) is 0 Å². The van der Waals surface area contributed by atoms with Crippen molar-refractivity contribution in [2.45, 2.75) is 31.8 Å². The van der Waals surface area contributed by atoms with Gasteiger partial charge in [-0.2, -0.15) is 0 Å². The number of hydrogen-bond acceptors (Lipinski definition) is 5. The van der Waals surface area contributed by atoms with E-state index in [0.717, 1.165) is 42.8 Å². The molecule has 1 fully saturated rings. The van der Waals surface area contributed by atoms with E-state index in [0.29, 0.717) is 30.3 Å².